The zero-order valence-corrected chi connectivity index (χ0v) is 11.6. The number of hydrogen-bond donors (Lipinski definition) is 2. The Bertz CT molecular complexity index is 835. The Kier molecular flexibility index (Phi) is 3.23. The molecular formula is C16H14N4O. The van der Waals surface area contributed by atoms with Gasteiger partial charge in [-0.15, -0.1) is 0 Å². The van der Waals surface area contributed by atoms with Crippen LogP contribution in [0.4, 0.5) is 5.69 Å². The van der Waals surface area contributed by atoms with Crippen molar-refractivity contribution in [3.05, 3.63) is 55.0 Å². The lowest BCUT2D eigenvalue weighted by molar-refractivity contribution is -0.112. The predicted octanol–water partition coefficient (Wildman–Crippen LogP) is 3.14. The third kappa shape index (κ3) is 2.53. The predicted molar refractivity (Wildman–Crippen MR) is 82.8 cm³/mol. The highest BCUT2D eigenvalue weighted by Crippen LogP contribution is 2.26. The van der Waals surface area contributed by atoms with Crippen molar-refractivity contribution in [3.63, 3.8) is 0 Å². The highest BCUT2D eigenvalue weighted by atomic mass is 16.1. The van der Waals surface area contributed by atoms with Crippen LogP contribution in [0.2, 0.25) is 0 Å². The van der Waals surface area contributed by atoms with Gasteiger partial charge in [0.25, 0.3) is 5.91 Å². The number of fused-ring (bicyclic) bond motifs is 1. The van der Waals surface area contributed by atoms with Crippen molar-refractivity contribution in [2.75, 3.05) is 5.32 Å². The molecule has 1 aromatic carbocycles. The first-order valence-corrected chi connectivity index (χ1v) is 6.50. The number of amides is 1. The number of hydrogen-bond acceptors (Lipinski definition) is 3. The summed E-state index contributed by atoms with van der Waals surface area (Å²) >= 11 is 0. The first-order valence-electron chi connectivity index (χ1n) is 6.50. The van der Waals surface area contributed by atoms with Crippen LogP contribution in [0.3, 0.4) is 0 Å². The molecule has 5 nitrogen and oxygen atoms in total. The molecule has 0 unspecified atom stereocenters. The average molecular weight is 278 g/mol. The molecule has 0 aliphatic rings. The van der Waals surface area contributed by atoms with E-state index in [0.717, 1.165) is 22.3 Å². The molecule has 2 N–H and O–H groups in total. The number of rotatable bonds is 3. The second-order valence-electron chi connectivity index (χ2n) is 4.78. The van der Waals surface area contributed by atoms with E-state index in [4.69, 9.17) is 0 Å². The number of nitrogens with one attached hydrogen (secondary N) is 2. The summed E-state index contributed by atoms with van der Waals surface area (Å²) in [5.41, 5.74) is 3.71. The van der Waals surface area contributed by atoms with E-state index in [0.29, 0.717) is 11.3 Å². The molecule has 0 saturated carbocycles. The zero-order chi connectivity index (χ0) is 14.8. The minimum Gasteiger partial charge on any atom is -0.346 e. The number of H-pyrrole nitrogens is 1. The van der Waals surface area contributed by atoms with E-state index in [9.17, 15) is 4.79 Å². The quantitative estimate of drug-likeness (QED) is 0.723. The fourth-order valence-corrected chi connectivity index (χ4v) is 2.08. The summed E-state index contributed by atoms with van der Waals surface area (Å²) in [6, 6.07) is 9.48. The summed E-state index contributed by atoms with van der Waals surface area (Å²) in [6.07, 6.45) is 3.35. The Balaban J connectivity index is 2.02. The number of benzene rings is 1. The van der Waals surface area contributed by atoms with Crippen molar-refractivity contribution in [2.24, 2.45) is 0 Å². The number of anilines is 1. The van der Waals surface area contributed by atoms with Crippen molar-refractivity contribution < 1.29 is 4.79 Å². The fraction of sp³-hybridized carbons (Fsp3) is 0.0625. The molecule has 0 aliphatic carbocycles. The maximum atomic E-state index is 11.7. The molecule has 104 valence electrons. The number of nitrogens with zero attached hydrogens (tertiary/aromatic N) is 2. The van der Waals surface area contributed by atoms with Gasteiger partial charge in [-0.05, 0) is 25.1 Å². The molecule has 0 radical (unpaired) electrons. The largest absolute Gasteiger partial charge is 0.346 e. The first-order chi connectivity index (χ1) is 10.1. The third-order valence-electron chi connectivity index (χ3n) is 3.14. The molecular weight excluding hydrogens is 264 g/mol. The fourth-order valence-electron chi connectivity index (χ4n) is 2.08. The molecule has 0 fully saturated rings. The molecule has 0 spiro atoms. The highest BCUT2D eigenvalue weighted by Gasteiger charge is 2.09. The van der Waals surface area contributed by atoms with E-state index in [1.807, 2.05) is 36.5 Å². The van der Waals surface area contributed by atoms with Crippen LogP contribution >= 0.6 is 0 Å². The van der Waals surface area contributed by atoms with Crippen LogP contribution in [0.15, 0.2) is 55.0 Å². The minimum absolute atomic E-state index is 0.193. The summed E-state index contributed by atoms with van der Waals surface area (Å²) in [5.74, 6) is -0.193. The van der Waals surface area contributed by atoms with Crippen LogP contribution < -0.4 is 5.32 Å². The van der Waals surface area contributed by atoms with Gasteiger partial charge in [0.05, 0.1) is 5.69 Å². The number of carbonyl (C=O) groups excluding carboxylic acids is 1. The number of aromatic amines is 1. The lowest BCUT2D eigenvalue weighted by Gasteiger charge is -2.07. The van der Waals surface area contributed by atoms with Crippen LogP contribution in [-0.4, -0.2) is 20.9 Å². The van der Waals surface area contributed by atoms with Crippen molar-refractivity contribution >= 4 is 22.6 Å². The Morgan fingerprint density at radius 1 is 1.29 bits per heavy atom. The average Bonchev–Trinajstić information content (AvgIpc) is 2.95. The lowest BCUT2D eigenvalue weighted by Crippen LogP contribution is -2.11. The van der Waals surface area contributed by atoms with Gasteiger partial charge in [-0.3, -0.25) is 4.79 Å². The first kappa shape index (κ1) is 13.1. The zero-order valence-electron chi connectivity index (χ0n) is 11.6. The van der Waals surface area contributed by atoms with E-state index in [1.54, 1.807) is 6.92 Å². The van der Waals surface area contributed by atoms with Gasteiger partial charge in [0.15, 0.2) is 0 Å². The highest BCUT2D eigenvalue weighted by molar-refractivity contribution is 6.03. The van der Waals surface area contributed by atoms with Crippen molar-refractivity contribution in [3.8, 4) is 11.3 Å². The van der Waals surface area contributed by atoms with Crippen LogP contribution in [0.25, 0.3) is 22.3 Å². The minimum atomic E-state index is -0.193. The smallest absolute Gasteiger partial charge is 0.250 e. The second-order valence-corrected chi connectivity index (χ2v) is 4.78. The van der Waals surface area contributed by atoms with Gasteiger partial charge < -0.3 is 10.3 Å². The summed E-state index contributed by atoms with van der Waals surface area (Å²) in [6.45, 7) is 5.30. The molecule has 2 aromatic heterocycles. The van der Waals surface area contributed by atoms with E-state index < -0.39 is 0 Å². The van der Waals surface area contributed by atoms with Crippen molar-refractivity contribution in [1.82, 2.24) is 15.0 Å². The molecule has 0 atom stereocenters. The standard InChI is InChI=1S/C16H14N4O/c1-10(2)16(21)20-12-5-3-4-11(8-12)14-13-6-7-17-15(13)19-9-18-14/h3-9H,1H2,2H3,(H,20,21)(H,17,18,19). The van der Waals surface area contributed by atoms with Crippen molar-refractivity contribution in [1.29, 1.82) is 0 Å². The Morgan fingerprint density at radius 3 is 2.95 bits per heavy atom. The van der Waals surface area contributed by atoms with Gasteiger partial charge in [0.1, 0.15) is 12.0 Å². The Hall–Kier alpha value is -2.95. The topological polar surface area (TPSA) is 70.7 Å². The Morgan fingerprint density at radius 2 is 2.14 bits per heavy atom. The van der Waals surface area contributed by atoms with Gasteiger partial charge in [0, 0.05) is 28.4 Å². The summed E-state index contributed by atoms with van der Waals surface area (Å²) in [7, 11) is 0. The molecule has 3 aromatic rings. The van der Waals surface area contributed by atoms with Crippen LogP contribution in [-0.2, 0) is 4.79 Å². The van der Waals surface area contributed by atoms with Gasteiger partial charge in [-0.25, -0.2) is 9.97 Å². The monoisotopic (exact) mass is 278 g/mol. The maximum absolute atomic E-state index is 11.7. The van der Waals surface area contributed by atoms with Crippen LogP contribution in [0.1, 0.15) is 6.92 Å². The van der Waals surface area contributed by atoms with E-state index in [1.165, 1.54) is 6.33 Å². The lowest BCUT2D eigenvalue weighted by atomic mass is 10.1. The van der Waals surface area contributed by atoms with Gasteiger partial charge in [-0.1, -0.05) is 18.7 Å². The number of carbonyl (C=O) groups is 1. The van der Waals surface area contributed by atoms with E-state index >= 15 is 0 Å². The second kappa shape index (κ2) is 5.20. The molecule has 0 aliphatic heterocycles. The molecule has 3 rings (SSSR count). The summed E-state index contributed by atoms with van der Waals surface area (Å²) in [5, 5.41) is 3.75. The van der Waals surface area contributed by atoms with Crippen LogP contribution in [0.5, 0.6) is 0 Å². The van der Waals surface area contributed by atoms with E-state index in [-0.39, 0.29) is 5.91 Å². The molecule has 21 heavy (non-hydrogen) atoms. The third-order valence-corrected chi connectivity index (χ3v) is 3.14. The van der Waals surface area contributed by atoms with Gasteiger partial charge >= 0.3 is 0 Å². The molecule has 2 heterocycles. The van der Waals surface area contributed by atoms with Gasteiger partial charge in [0.2, 0.25) is 0 Å². The molecule has 0 saturated heterocycles. The number of aromatic nitrogens is 3. The molecule has 5 heteroatoms. The molecule has 1 amide bonds. The molecule has 0 bridgehead atoms. The van der Waals surface area contributed by atoms with E-state index in [2.05, 4.69) is 26.8 Å². The SMILES string of the molecule is C=C(C)C(=O)Nc1cccc(-c2ncnc3[nH]ccc23)c1. The maximum Gasteiger partial charge on any atom is 0.250 e. The summed E-state index contributed by atoms with van der Waals surface area (Å²) < 4.78 is 0. The normalized spacial score (nSPS) is 10.5. The Labute approximate surface area is 121 Å². The summed E-state index contributed by atoms with van der Waals surface area (Å²) in [4.78, 5) is 23.3. The van der Waals surface area contributed by atoms with Crippen LogP contribution in [0, 0.1) is 0 Å². The van der Waals surface area contributed by atoms with Crippen molar-refractivity contribution in [2.45, 2.75) is 6.92 Å². The van der Waals surface area contributed by atoms with Gasteiger partial charge in [-0.2, -0.15) is 0 Å².